The molecule has 1 aliphatic rings. The molecule has 0 spiro atoms. The second kappa shape index (κ2) is 75.1. The van der Waals surface area contributed by atoms with Crippen molar-refractivity contribution in [3.05, 3.63) is 36.5 Å². The average molecular weight is 1340 g/mol. The first-order chi connectivity index (χ1) is 46.8. The van der Waals surface area contributed by atoms with Crippen LogP contribution >= 0.6 is 0 Å². The van der Waals surface area contributed by atoms with Gasteiger partial charge in [0.1, 0.15) is 24.4 Å². The number of ether oxygens (including phenoxy) is 2. The third-order valence-corrected chi connectivity index (χ3v) is 20.7. The van der Waals surface area contributed by atoms with E-state index in [2.05, 4.69) is 43.5 Å². The standard InChI is InChI=1S/C86H165NO8/c1-3-5-7-9-11-13-15-17-19-21-23-25-27-29-31-33-35-36-37-38-39-40-41-42-43-44-46-48-50-52-54-56-58-60-62-64-66-68-70-72-74-76-82(90)87-79(78-94-86-85(93)84(92)83(91)81(77-88)95-86)80(89)75-73-71-69-67-65-63-61-59-57-55-53-51-49-47-45-34-32-30-28-26-24-22-20-18-16-14-12-10-8-6-4-2/h57,59,65,67,73,75,79-81,83-86,88-89,91-93H,3-56,58,60-64,66,68-72,74,76-78H2,1-2H3,(H,87,90)/b59-57+,67-65+,75-73+. The molecule has 6 N–H and O–H groups in total. The highest BCUT2D eigenvalue weighted by atomic mass is 16.7. The van der Waals surface area contributed by atoms with Crippen LogP contribution in [0, 0.1) is 0 Å². The normalized spacial score (nSPS) is 17.6. The molecule has 0 radical (unpaired) electrons. The van der Waals surface area contributed by atoms with Gasteiger partial charge in [-0.2, -0.15) is 0 Å². The lowest BCUT2D eigenvalue weighted by Crippen LogP contribution is -2.60. The predicted molar refractivity (Wildman–Crippen MR) is 410 cm³/mol. The Bertz CT molecular complexity index is 1600. The highest BCUT2D eigenvalue weighted by Gasteiger charge is 2.44. The van der Waals surface area contributed by atoms with Crippen LogP contribution in [-0.2, 0) is 14.3 Å². The second-order valence-corrected chi connectivity index (χ2v) is 30.0. The van der Waals surface area contributed by atoms with Crippen molar-refractivity contribution in [1.29, 1.82) is 0 Å². The van der Waals surface area contributed by atoms with E-state index in [1.54, 1.807) is 6.08 Å². The lowest BCUT2D eigenvalue weighted by Gasteiger charge is -2.40. The number of aliphatic hydroxyl groups is 5. The summed E-state index contributed by atoms with van der Waals surface area (Å²) in [5, 5.41) is 54.9. The first-order valence-corrected chi connectivity index (χ1v) is 42.7. The SMILES string of the molecule is CCCCCCCCCCCCCCCCCCCCCCC/C=C/CC/C=C/CC/C=C/C(O)C(COC1OC(CO)C(O)C(O)C1O)NC(=O)CCCCCCCCCCCCCCCCCCCCCCCCCCCCCCCCCCCCCCCCCCC. The summed E-state index contributed by atoms with van der Waals surface area (Å²) in [6.45, 7) is 3.83. The number of hydrogen-bond donors (Lipinski definition) is 6. The second-order valence-electron chi connectivity index (χ2n) is 30.0. The number of rotatable bonds is 77. The topological polar surface area (TPSA) is 149 Å². The summed E-state index contributed by atoms with van der Waals surface area (Å²) in [5.74, 6) is -0.181. The Labute approximate surface area is 591 Å². The van der Waals surface area contributed by atoms with E-state index >= 15 is 0 Å². The molecule has 1 heterocycles. The van der Waals surface area contributed by atoms with Crippen LogP contribution < -0.4 is 5.32 Å². The minimum Gasteiger partial charge on any atom is -0.394 e. The van der Waals surface area contributed by atoms with Crippen molar-refractivity contribution >= 4 is 5.91 Å². The van der Waals surface area contributed by atoms with Crippen LogP contribution in [0.4, 0.5) is 0 Å². The number of unbranched alkanes of at least 4 members (excludes halogenated alkanes) is 63. The smallest absolute Gasteiger partial charge is 0.220 e. The Kier molecular flexibility index (Phi) is 72.3. The van der Waals surface area contributed by atoms with E-state index in [-0.39, 0.29) is 12.5 Å². The van der Waals surface area contributed by atoms with E-state index in [0.29, 0.717) is 6.42 Å². The van der Waals surface area contributed by atoms with Gasteiger partial charge in [0.05, 0.1) is 25.4 Å². The van der Waals surface area contributed by atoms with Gasteiger partial charge in [0.15, 0.2) is 6.29 Å². The summed E-state index contributed by atoms with van der Waals surface area (Å²) in [6, 6.07) is -0.829. The molecule has 1 aliphatic heterocycles. The van der Waals surface area contributed by atoms with Gasteiger partial charge in [-0.3, -0.25) is 4.79 Å². The van der Waals surface area contributed by atoms with Gasteiger partial charge in [0.2, 0.25) is 5.91 Å². The van der Waals surface area contributed by atoms with Crippen LogP contribution in [0.3, 0.4) is 0 Å². The third kappa shape index (κ3) is 63.1. The maximum Gasteiger partial charge on any atom is 0.220 e. The molecule has 1 saturated heterocycles. The van der Waals surface area contributed by atoms with E-state index in [1.165, 1.54) is 385 Å². The van der Waals surface area contributed by atoms with E-state index in [4.69, 9.17) is 9.47 Å². The fourth-order valence-electron chi connectivity index (χ4n) is 14.1. The van der Waals surface area contributed by atoms with E-state index in [0.717, 1.165) is 44.9 Å². The summed E-state index contributed by atoms with van der Waals surface area (Å²) in [6.07, 6.45) is 96.3. The maximum atomic E-state index is 13.2. The Hall–Kier alpha value is -1.59. The lowest BCUT2D eigenvalue weighted by molar-refractivity contribution is -0.302. The quantitative estimate of drug-likeness (QED) is 0.0261. The number of carbonyl (C=O) groups excluding carboxylic acids is 1. The summed E-state index contributed by atoms with van der Waals surface area (Å²) >= 11 is 0. The molecule has 0 bridgehead atoms. The molecular weight excluding hydrogens is 1170 g/mol. The molecule has 0 saturated carbocycles. The molecule has 0 aromatic carbocycles. The van der Waals surface area contributed by atoms with Gasteiger partial charge in [0.25, 0.3) is 0 Å². The first kappa shape index (κ1) is 91.4. The monoisotopic (exact) mass is 1340 g/mol. The van der Waals surface area contributed by atoms with Crippen molar-refractivity contribution in [2.45, 2.75) is 493 Å². The van der Waals surface area contributed by atoms with E-state index in [1.807, 2.05) is 6.08 Å². The Morgan fingerprint density at radius 3 is 0.884 bits per heavy atom. The molecule has 1 fully saturated rings. The zero-order valence-corrected chi connectivity index (χ0v) is 63.5. The average Bonchev–Trinajstić information content (AvgIpc) is 0.841. The number of amides is 1. The van der Waals surface area contributed by atoms with Crippen LogP contribution in [0.1, 0.15) is 450 Å². The number of hydrogen-bond acceptors (Lipinski definition) is 8. The van der Waals surface area contributed by atoms with Gasteiger partial charge in [-0.1, -0.05) is 436 Å². The van der Waals surface area contributed by atoms with Gasteiger partial charge in [-0.25, -0.2) is 0 Å². The van der Waals surface area contributed by atoms with Crippen LogP contribution in [0.25, 0.3) is 0 Å². The Morgan fingerprint density at radius 1 is 0.347 bits per heavy atom. The summed E-state index contributed by atoms with van der Waals surface area (Å²) < 4.78 is 11.3. The van der Waals surface area contributed by atoms with Crippen LogP contribution in [0.15, 0.2) is 36.5 Å². The maximum absolute atomic E-state index is 13.2. The van der Waals surface area contributed by atoms with Gasteiger partial charge in [0, 0.05) is 6.42 Å². The summed E-state index contributed by atoms with van der Waals surface area (Å²) in [7, 11) is 0. The van der Waals surface area contributed by atoms with Gasteiger partial charge < -0.3 is 40.3 Å². The number of carbonyl (C=O) groups is 1. The Morgan fingerprint density at radius 2 is 0.600 bits per heavy atom. The molecule has 562 valence electrons. The predicted octanol–water partition coefficient (Wildman–Crippen LogP) is 24.9. The van der Waals surface area contributed by atoms with Crippen molar-refractivity contribution < 1.29 is 39.8 Å². The van der Waals surface area contributed by atoms with E-state index < -0.39 is 49.5 Å². The number of nitrogens with one attached hydrogen (secondary N) is 1. The third-order valence-electron chi connectivity index (χ3n) is 20.7. The van der Waals surface area contributed by atoms with Crippen molar-refractivity contribution in [2.75, 3.05) is 13.2 Å². The van der Waals surface area contributed by atoms with Crippen molar-refractivity contribution in [3.63, 3.8) is 0 Å². The van der Waals surface area contributed by atoms with Crippen LogP contribution in [0.2, 0.25) is 0 Å². The zero-order valence-electron chi connectivity index (χ0n) is 63.5. The van der Waals surface area contributed by atoms with Crippen LogP contribution in [-0.4, -0.2) is 87.5 Å². The fraction of sp³-hybridized carbons (Fsp3) is 0.919. The molecular formula is C86H165NO8. The molecule has 0 aliphatic carbocycles. The van der Waals surface area contributed by atoms with E-state index in [9.17, 15) is 30.3 Å². The molecule has 7 atom stereocenters. The molecule has 9 heteroatoms. The molecule has 7 unspecified atom stereocenters. The number of aliphatic hydroxyl groups excluding tert-OH is 5. The minimum atomic E-state index is -1.58. The highest BCUT2D eigenvalue weighted by molar-refractivity contribution is 5.76. The molecule has 1 rings (SSSR count). The lowest BCUT2D eigenvalue weighted by atomic mass is 9.99. The molecule has 9 nitrogen and oxygen atoms in total. The van der Waals surface area contributed by atoms with Gasteiger partial charge in [-0.05, 0) is 44.9 Å². The molecule has 95 heavy (non-hydrogen) atoms. The molecule has 0 aromatic heterocycles. The van der Waals surface area contributed by atoms with Crippen molar-refractivity contribution in [3.8, 4) is 0 Å². The van der Waals surface area contributed by atoms with Gasteiger partial charge >= 0.3 is 0 Å². The summed E-state index contributed by atoms with van der Waals surface area (Å²) in [4.78, 5) is 13.2. The largest absolute Gasteiger partial charge is 0.394 e. The molecule has 1 amide bonds. The number of allylic oxidation sites excluding steroid dienone is 5. The van der Waals surface area contributed by atoms with Gasteiger partial charge in [-0.15, -0.1) is 0 Å². The highest BCUT2D eigenvalue weighted by Crippen LogP contribution is 2.24. The van der Waals surface area contributed by atoms with Crippen LogP contribution in [0.5, 0.6) is 0 Å². The summed E-state index contributed by atoms with van der Waals surface area (Å²) in [5.41, 5.74) is 0. The zero-order chi connectivity index (χ0) is 68.5. The fourth-order valence-corrected chi connectivity index (χ4v) is 14.1. The minimum absolute atomic E-state index is 0.181. The Balaban J connectivity index is 2.04. The first-order valence-electron chi connectivity index (χ1n) is 42.7. The molecule has 0 aromatic rings. The van der Waals surface area contributed by atoms with Crippen molar-refractivity contribution in [2.24, 2.45) is 0 Å². The van der Waals surface area contributed by atoms with Crippen molar-refractivity contribution in [1.82, 2.24) is 5.32 Å².